The number of allylic oxidation sites excluding steroid dienone is 4. The summed E-state index contributed by atoms with van der Waals surface area (Å²) in [5, 5.41) is 0. The fourth-order valence-electron chi connectivity index (χ4n) is 1.68. The molecular formula is C9H10O. The van der Waals surface area contributed by atoms with Crippen molar-refractivity contribution in [2.24, 2.45) is 11.3 Å². The van der Waals surface area contributed by atoms with Crippen LogP contribution in [-0.2, 0) is 4.79 Å². The maximum absolute atomic E-state index is 10.4. The Hall–Kier alpha value is -0.850. The van der Waals surface area contributed by atoms with Gasteiger partial charge in [-0.1, -0.05) is 24.3 Å². The Labute approximate surface area is 60.4 Å². The van der Waals surface area contributed by atoms with Crippen molar-refractivity contribution in [2.75, 3.05) is 0 Å². The van der Waals surface area contributed by atoms with E-state index in [1.807, 2.05) is 6.08 Å². The minimum Gasteiger partial charge on any atom is -0.303 e. The fourth-order valence-corrected chi connectivity index (χ4v) is 1.68. The molecule has 0 aliphatic heterocycles. The molecule has 2 aliphatic rings. The Kier molecular flexibility index (Phi) is 1.07. The molecular weight excluding hydrogens is 124 g/mol. The third kappa shape index (κ3) is 0.666. The van der Waals surface area contributed by atoms with Crippen LogP contribution in [-0.4, -0.2) is 6.29 Å². The second-order valence-electron chi connectivity index (χ2n) is 3.20. The molecule has 1 spiro atoms. The van der Waals surface area contributed by atoms with Crippen LogP contribution >= 0.6 is 0 Å². The van der Waals surface area contributed by atoms with Gasteiger partial charge in [0.05, 0.1) is 0 Å². The van der Waals surface area contributed by atoms with Crippen LogP contribution in [0.5, 0.6) is 0 Å². The highest BCUT2D eigenvalue weighted by Gasteiger charge is 2.34. The predicted octanol–water partition coefficient (Wildman–Crippen LogP) is 1.71. The summed E-state index contributed by atoms with van der Waals surface area (Å²) in [5.41, 5.74) is 0.297. The normalized spacial score (nSPS) is 42.2. The number of hydrogen-bond donors (Lipinski definition) is 0. The van der Waals surface area contributed by atoms with Crippen molar-refractivity contribution >= 4 is 6.29 Å². The van der Waals surface area contributed by atoms with Gasteiger partial charge >= 0.3 is 0 Å². The quantitative estimate of drug-likeness (QED) is 0.394. The van der Waals surface area contributed by atoms with Crippen LogP contribution < -0.4 is 0 Å². The molecule has 0 heterocycles. The van der Waals surface area contributed by atoms with Crippen LogP contribution in [0.2, 0.25) is 0 Å². The van der Waals surface area contributed by atoms with Gasteiger partial charge in [-0.2, -0.15) is 0 Å². The van der Waals surface area contributed by atoms with Gasteiger partial charge in [-0.15, -0.1) is 0 Å². The summed E-state index contributed by atoms with van der Waals surface area (Å²) in [6, 6.07) is 0. The average molecular weight is 134 g/mol. The highest BCUT2D eigenvalue weighted by atomic mass is 16.1. The molecule has 2 aliphatic carbocycles. The predicted molar refractivity (Wildman–Crippen MR) is 39.5 cm³/mol. The molecule has 10 heavy (non-hydrogen) atoms. The van der Waals surface area contributed by atoms with Gasteiger partial charge in [0.1, 0.15) is 6.29 Å². The molecule has 0 radical (unpaired) electrons. The molecule has 0 saturated heterocycles. The molecule has 1 heteroatoms. The minimum absolute atomic E-state index is 0.185. The van der Waals surface area contributed by atoms with E-state index < -0.39 is 0 Å². The Morgan fingerprint density at radius 3 is 2.60 bits per heavy atom. The van der Waals surface area contributed by atoms with Crippen LogP contribution in [0.3, 0.4) is 0 Å². The number of carbonyl (C=O) groups is 1. The Bertz CT molecular complexity index is 215. The summed E-state index contributed by atoms with van der Waals surface area (Å²) >= 11 is 0. The third-order valence-electron chi connectivity index (χ3n) is 2.41. The van der Waals surface area contributed by atoms with E-state index >= 15 is 0 Å². The van der Waals surface area contributed by atoms with Crippen molar-refractivity contribution in [3.63, 3.8) is 0 Å². The van der Waals surface area contributed by atoms with Gasteiger partial charge in [-0.3, -0.25) is 0 Å². The summed E-state index contributed by atoms with van der Waals surface area (Å²) in [6.07, 6.45) is 11.7. The molecule has 2 atom stereocenters. The van der Waals surface area contributed by atoms with Crippen molar-refractivity contribution in [2.45, 2.75) is 12.8 Å². The van der Waals surface area contributed by atoms with Crippen molar-refractivity contribution < 1.29 is 4.79 Å². The number of hydrogen-bond acceptors (Lipinski definition) is 1. The first kappa shape index (κ1) is 5.90. The van der Waals surface area contributed by atoms with Crippen LogP contribution in [0.15, 0.2) is 24.3 Å². The van der Waals surface area contributed by atoms with Crippen LogP contribution in [0.1, 0.15) is 12.8 Å². The van der Waals surface area contributed by atoms with E-state index in [1.54, 1.807) is 0 Å². The highest BCUT2D eigenvalue weighted by Crippen LogP contribution is 2.44. The lowest BCUT2D eigenvalue weighted by atomic mass is 9.75. The van der Waals surface area contributed by atoms with Gasteiger partial charge in [0, 0.05) is 11.3 Å². The molecule has 52 valence electrons. The highest BCUT2D eigenvalue weighted by molar-refractivity contribution is 5.59. The molecule has 2 rings (SSSR count). The van der Waals surface area contributed by atoms with E-state index in [4.69, 9.17) is 0 Å². The zero-order chi connectivity index (χ0) is 7.03. The molecule has 0 amide bonds. The third-order valence-corrected chi connectivity index (χ3v) is 2.41. The smallest absolute Gasteiger partial charge is 0.126 e. The molecule has 0 N–H and O–H groups in total. The largest absolute Gasteiger partial charge is 0.303 e. The Balaban J connectivity index is 2.14. The summed E-state index contributed by atoms with van der Waals surface area (Å²) in [5.74, 6) is 0.185. The molecule has 2 unspecified atom stereocenters. The number of carbonyl (C=O) groups excluding carboxylic acids is 1. The van der Waals surface area contributed by atoms with Gasteiger partial charge in [-0.25, -0.2) is 0 Å². The zero-order valence-electron chi connectivity index (χ0n) is 5.79. The monoisotopic (exact) mass is 134 g/mol. The van der Waals surface area contributed by atoms with Crippen LogP contribution in [0.4, 0.5) is 0 Å². The van der Waals surface area contributed by atoms with E-state index in [0.717, 1.165) is 19.1 Å². The maximum atomic E-state index is 10.4. The molecule has 0 fully saturated rings. The fraction of sp³-hybridized carbons (Fsp3) is 0.444. The summed E-state index contributed by atoms with van der Waals surface area (Å²) in [4.78, 5) is 10.4. The van der Waals surface area contributed by atoms with Crippen molar-refractivity contribution in [3.8, 4) is 0 Å². The van der Waals surface area contributed by atoms with Gasteiger partial charge in [0.25, 0.3) is 0 Å². The van der Waals surface area contributed by atoms with Crippen LogP contribution in [0, 0.1) is 11.3 Å². The van der Waals surface area contributed by atoms with Crippen molar-refractivity contribution in [1.82, 2.24) is 0 Å². The zero-order valence-corrected chi connectivity index (χ0v) is 5.79. The summed E-state index contributed by atoms with van der Waals surface area (Å²) in [6.45, 7) is 0. The molecule has 0 aromatic rings. The number of aldehydes is 1. The van der Waals surface area contributed by atoms with E-state index in [9.17, 15) is 4.79 Å². The molecule has 0 bridgehead atoms. The lowest BCUT2D eigenvalue weighted by Crippen LogP contribution is -2.19. The van der Waals surface area contributed by atoms with Crippen LogP contribution in [0.25, 0.3) is 0 Å². The van der Waals surface area contributed by atoms with Crippen molar-refractivity contribution in [3.05, 3.63) is 24.3 Å². The first-order valence-electron chi connectivity index (χ1n) is 3.67. The van der Waals surface area contributed by atoms with E-state index in [2.05, 4.69) is 18.2 Å². The van der Waals surface area contributed by atoms with Crippen molar-refractivity contribution in [1.29, 1.82) is 0 Å². The number of rotatable bonds is 1. The van der Waals surface area contributed by atoms with Gasteiger partial charge in [-0.05, 0) is 12.8 Å². The van der Waals surface area contributed by atoms with Gasteiger partial charge in [0.2, 0.25) is 0 Å². The second-order valence-corrected chi connectivity index (χ2v) is 3.20. The van der Waals surface area contributed by atoms with E-state index in [-0.39, 0.29) is 5.92 Å². The second kappa shape index (κ2) is 1.82. The summed E-state index contributed by atoms with van der Waals surface area (Å²) < 4.78 is 0. The minimum atomic E-state index is 0.185. The Morgan fingerprint density at radius 2 is 2.30 bits per heavy atom. The maximum Gasteiger partial charge on any atom is 0.126 e. The molecule has 1 nitrogen and oxygen atoms in total. The van der Waals surface area contributed by atoms with E-state index in [1.165, 1.54) is 0 Å². The van der Waals surface area contributed by atoms with Gasteiger partial charge < -0.3 is 4.79 Å². The first-order valence-corrected chi connectivity index (χ1v) is 3.67. The molecule has 0 aromatic carbocycles. The lowest BCUT2D eigenvalue weighted by molar-refractivity contribution is -0.110. The van der Waals surface area contributed by atoms with Gasteiger partial charge in [0.15, 0.2) is 0 Å². The topological polar surface area (TPSA) is 17.1 Å². The van der Waals surface area contributed by atoms with E-state index in [0.29, 0.717) is 5.41 Å². The average Bonchev–Trinajstić information content (AvgIpc) is 2.29. The SMILES string of the molecule is O=CC1C=CC2(C=CC2)C1. The summed E-state index contributed by atoms with van der Waals surface area (Å²) in [7, 11) is 0. The standard InChI is InChI=1S/C9H10O/c10-7-8-2-5-9(6-8)3-1-4-9/h1-3,5,7-8H,4,6H2. The lowest BCUT2D eigenvalue weighted by Gasteiger charge is -2.29. The Morgan fingerprint density at radius 1 is 1.50 bits per heavy atom. The molecule has 0 saturated carbocycles. The first-order chi connectivity index (χ1) is 4.85. The molecule has 0 aromatic heterocycles.